The van der Waals surface area contributed by atoms with Gasteiger partial charge in [-0.25, -0.2) is 9.78 Å². The molecule has 0 spiro atoms. The number of carbonyl (C=O) groups excluding carboxylic acids is 1. The van der Waals surface area contributed by atoms with Crippen LogP contribution in [0.3, 0.4) is 0 Å². The molecule has 0 unspecified atom stereocenters. The summed E-state index contributed by atoms with van der Waals surface area (Å²) in [4.78, 5) is 18.1. The summed E-state index contributed by atoms with van der Waals surface area (Å²) in [6.45, 7) is 4.14. The summed E-state index contributed by atoms with van der Waals surface area (Å²) in [6.07, 6.45) is 6.33. The quantitative estimate of drug-likeness (QED) is 0.730. The van der Waals surface area contributed by atoms with Crippen LogP contribution in [0.25, 0.3) is 0 Å². The molecule has 2 aromatic rings. The van der Waals surface area contributed by atoms with Gasteiger partial charge in [0.25, 0.3) is 0 Å². The Balaban J connectivity index is 1.72. The first-order valence-corrected chi connectivity index (χ1v) is 8.26. The first-order chi connectivity index (χ1) is 11.6. The van der Waals surface area contributed by atoms with Gasteiger partial charge in [-0.05, 0) is 33.0 Å². The van der Waals surface area contributed by atoms with Crippen molar-refractivity contribution in [3.8, 4) is 0 Å². The van der Waals surface area contributed by atoms with E-state index in [-0.39, 0.29) is 12.1 Å². The molecule has 0 aliphatic rings. The summed E-state index contributed by atoms with van der Waals surface area (Å²) in [5, 5.41) is 5.86. The highest BCUT2D eigenvalue weighted by atomic mass is 16.2. The number of carbonyl (C=O) groups is 1. The van der Waals surface area contributed by atoms with Crippen LogP contribution in [0.1, 0.15) is 23.6 Å². The van der Waals surface area contributed by atoms with Gasteiger partial charge in [-0.3, -0.25) is 0 Å². The summed E-state index contributed by atoms with van der Waals surface area (Å²) >= 11 is 0. The van der Waals surface area contributed by atoms with Crippen molar-refractivity contribution in [3.05, 3.63) is 54.1 Å². The number of hydrogen-bond donors (Lipinski definition) is 2. The molecule has 1 atom stereocenters. The number of nitrogens with zero attached hydrogens (tertiary/aromatic N) is 3. The van der Waals surface area contributed by atoms with Gasteiger partial charge in [0.1, 0.15) is 0 Å². The Bertz CT molecular complexity index is 607. The SMILES string of the molecule is Cc1ccc([C@@H](CNC(=O)NCCCn2ccnc2)N(C)C)cc1. The summed E-state index contributed by atoms with van der Waals surface area (Å²) in [5.41, 5.74) is 2.44. The Morgan fingerprint density at radius 3 is 2.62 bits per heavy atom. The Labute approximate surface area is 143 Å². The van der Waals surface area contributed by atoms with E-state index in [0.717, 1.165) is 13.0 Å². The van der Waals surface area contributed by atoms with Crippen LogP contribution in [-0.4, -0.2) is 47.7 Å². The summed E-state index contributed by atoms with van der Waals surface area (Å²) < 4.78 is 2.00. The standard InChI is InChI=1S/C18H27N5O/c1-15-5-7-16(8-6-15)17(22(2)3)13-21-18(24)20-9-4-11-23-12-10-19-14-23/h5-8,10,12,14,17H,4,9,11,13H2,1-3H3,(H2,20,21,24)/t17-/m1/s1. The lowest BCUT2D eigenvalue weighted by molar-refractivity contribution is 0.232. The van der Waals surface area contributed by atoms with E-state index >= 15 is 0 Å². The molecular formula is C18H27N5O. The van der Waals surface area contributed by atoms with Crippen LogP contribution in [-0.2, 0) is 6.54 Å². The molecule has 24 heavy (non-hydrogen) atoms. The molecule has 0 radical (unpaired) electrons. The van der Waals surface area contributed by atoms with Gasteiger partial charge in [-0.15, -0.1) is 0 Å². The highest BCUT2D eigenvalue weighted by Gasteiger charge is 2.14. The second kappa shape index (κ2) is 9.08. The van der Waals surface area contributed by atoms with E-state index in [9.17, 15) is 4.79 Å². The summed E-state index contributed by atoms with van der Waals surface area (Å²) in [6, 6.07) is 8.46. The number of nitrogens with one attached hydrogen (secondary N) is 2. The molecule has 0 bridgehead atoms. The summed E-state index contributed by atoms with van der Waals surface area (Å²) in [5.74, 6) is 0. The number of imidazole rings is 1. The smallest absolute Gasteiger partial charge is 0.314 e. The van der Waals surface area contributed by atoms with Crippen LogP contribution in [0.2, 0.25) is 0 Å². The Kier molecular flexibility index (Phi) is 6.81. The van der Waals surface area contributed by atoms with Gasteiger partial charge in [-0.2, -0.15) is 0 Å². The van der Waals surface area contributed by atoms with Gasteiger partial charge < -0.3 is 20.1 Å². The maximum Gasteiger partial charge on any atom is 0.314 e. The Morgan fingerprint density at radius 1 is 1.25 bits per heavy atom. The monoisotopic (exact) mass is 329 g/mol. The van der Waals surface area contributed by atoms with Crippen molar-refractivity contribution in [2.45, 2.75) is 25.9 Å². The van der Waals surface area contributed by atoms with E-state index in [1.165, 1.54) is 11.1 Å². The molecule has 0 aliphatic heterocycles. The van der Waals surface area contributed by atoms with E-state index in [4.69, 9.17) is 0 Å². The van der Waals surface area contributed by atoms with Crippen molar-refractivity contribution in [2.75, 3.05) is 27.2 Å². The zero-order valence-electron chi connectivity index (χ0n) is 14.7. The average Bonchev–Trinajstić information content (AvgIpc) is 3.06. The number of aryl methyl sites for hydroxylation is 2. The third-order valence-corrected chi connectivity index (χ3v) is 3.98. The van der Waals surface area contributed by atoms with Crippen molar-refractivity contribution in [1.82, 2.24) is 25.1 Å². The Hall–Kier alpha value is -2.34. The first kappa shape index (κ1) is 18.0. The number of hydrogen-bond acceptors (Lipinski definition) is 3. The third-order valence-electron chi connectivity index (χ3n) is 3.98. The molecule has 0 fully saturated rings. The lowest BCUT2D eigenvalue weighted by Crippen LogP contribution is -2.41. The van der Waals surface area contributed by atoms with Crippen molar-refractivity contribution >= 4 is 6.03 Å². The van der Waals surface area contributed by atoms with Gasteiger partial charge >= 0.3 is 6.03 Å². The molecule has 6 nitrogen and oxygen atoms in total. The fourth-order valence-corrected chi connectivity index (χ4v) is 2.52. The number of urea groups is 1. The minimum Gasteiger partial charge on any atom is -0.338 e. The molecule has 130 valence electrons. The maximum absolute atomic E-state index is 12.0. The van der Waals surface area contributed by atoms with Crippen LogP contribution in [0, 0.1) is 6.92 Å². The zero-order valence-corrected chi connectivity index (χ0v) is 14.7. The molecule has 1 heterocycles. The van der Waals surface area contributed by atoms with Crippen molar-refractivity contribution in [1.29, 1.82) is 0 Å². The van der Waals surface area contributed by atoms with E-state index in [2.05, 4.69) is 51.7 Å². The van der Waals surface area contributed by atoms with Crippen LogP contribution in [0.4, 0.5) is 4.79 Å². The lowest BCUT2D eigenvalue weighted by atomic mass is 10.0. The van der Waals surface area contributed by atoms with E-state index in [0.29, 0.717) is 13.1 Å². The molecule has 1 aromatic carbocycles. The molecule has 0 aliphatic carbocycles. The highest BCUT2D eigenvalue weighted by Crippen LogP contribution is 2.17. The average molecular weight is 329 g/mol. The zero-order chi connectivity index (χ0) is 17.4. The van der Waals surface area contributed by atoms with E-state index in [1.807, 2.05) is 24.9 Å². The van der Waals surface area contributed by atoms with Crippen LogP contribution in [0.15, 0.2) is 43.0 Å². The van der Waals surface area contributed by atoms with E-state index < -0.39 is 0 Å². The Morgan fingerprint density at radius 2 is 2.00 bits per heavy atom. The molecular weight excluding hydrogens is 302 g/mol. The maximum atomic E-state index is 12.0. The minimum atomic E-state index is -0.125. The second-order valence-electron chi connectivity index (χ2n) is 6.18. The third kappa shape index (κ3) is 5.70. The number of amides is 2. The molecule has 2 rings (SSSR count). The topological polar surface area (TPSA) is 62.2 Å². The highest BCUT2D eigenvalue weighted by molar-refractivity contribution is 5.73. The number of likely N-dealkylation sites (N-methyl/N-ethyl adjacent to an activating group) is 1. The molecule has 6 heteroatoms. The fourth-order valence-electron chi connectivity index (χ4n) is 2.52. The van der Waals surface area contributed by atoms with Crippen molar-refractivity contribution < 1.29 is 4.79 Å². The lowest BCUT2D eigenvalue weighted by Gasteiger charge is -2.25. The summed E-state index contributed by atoms with van der Waals surface area (Å²) in [7, 11) is 4.05. The van der Waals surface area contributed by atoms with Crippen molar-refractivity contribution in [3.63, 3.8) is 0 Å². The fraction of sp³-hybridized carbons (Fsp3) is 0.444. The number of aromatic nitrogens is 2. The minimum absolute atomic E-state index is 0.125. The van der Waals surface area contributed by atoms with Gasteiger partial charge in [0.2, 0.25) is 0 Å². The molecule has 2 amide bonds. The number of benzene rings is 1. The van der Waals surface area contributed by atoms with Gasteiger partial charge in [-0.1, -0.05) is 29.8 Å². The molecule has 1 aromatic heterocycles. The first-order valence-electron chi connectivity index (χ1n) is 8.26. The van der Waals surface area contributed by atoms with Crippen molar-refractivity contribution in [2.24, 2.45) is 0 Å². The largest absolute Gasteiger partial charge is 0.338 e. The van der Waals surface area contributed by atoms with Gasteiger partial charge in [0, 0.05) is 32.0 Å². The molecule has 0 saturated heterocycles. The predicted octanol–water partition coefficient (Wildman–Crippen LogP) is 2.18. The van der Waals surface area contributed by atoms with Crippen LogP contribution in [0.5, 0.6) is 0 Å². The molecule has 2 N–H and O–H groups in total. The van der Waals surface area contributed by atoms with E-state index in [1.54, 1.807) is 12.5 Å². The van der Waals surface area contributed by atoms with Crippen LogP contribution >= 0.6 is 0 Å². The normalized spacial score (nSPS) is 12.2. The van der Waals surface area contributed by atoms with Crippen LogP contribution < -0.4 is 10.6 Å². The number of rotatable bonds is 8. The molecule has 0 saturated carbocycles. The van der Waals surface area contributed by atoms with Gasteiger partial charge in [0.05, 0.1) is 12.4 Å². The second-order valence-corrected chi connectivity index (χ2v) is 6.18. The predicted molar refractivity (Wildman–Crippen MR) is 95.9 cm³/mol. The van der Waals surface area contributed by atoms with Gasteiger partial charge in [0.15, 0.2) is 0 Å².